The Morgan fingerprint density at radius 1 is 1.46 bits per heavy atom. The quantitative estimate of drug-likeness (QED) is 0.779. The number of carbonyl (C=O) groups excluding carboxylic acids is 2. The van der Waals surface area contributed by atoms with E-state index in [0.29, 0.717) is 6.54 Å². The molecule has 2 fully saturated rings. The van der Waals surface area contributed by atoms with Crippen LogP contribution in [-0.2, 0) is 14.3 Å². The van der Waals surface area contributed by atoms with E-state index in [0.717, 1.165) is 41.4 Å². The van der Waals surface area contributed by atoms with E-state index in [-0.39, 0.29) is 29.9 Å². The number of amides is 1. The zero-order valence-corrected chi connectivity index (χ0v) is 15.7. The van der Waals surface area contributed by atoms with Gasteiger partial charge in [0, 0.05) is 23.1 Å². The molecule has 1 N–H and O–H groups in total. The largest absolute Gasteiger partial charge is 0.461 e. The third kappa shape index (κ3) is 3.64. The number of likely N-dealkylation sites (N-methyl/N-ethyl adjacent to an activating group) is 1. The average Bonchev–Trinajstić information content (AvgIpc) is 2.78. The van der Waals surface area contributed by atoms with Crippen LogP contribution in [0, 0.1) is 12.3 Å². The maximum atomic E-state index is 12.2. The molecule has 1 saturated heterocycles. The van der Waals surface area contributed by atoms with E-state index in [4.69, 9.17) is 4.74 Å². The molecule has 1 heterocycles. The van der Waals surface area contributed by atoms with E-state index in [9.17, 15) is 9.59 Å². The molecule has 0 unspecified atom stereocenters. The second kappa shape index (κ2) is 6.84. The van der Waals surface area contributed by atoms with Gasteiger partial charge in [0.05, 0.1) is 12.0 Å². The third-order valence-electron chi connectivity index (χ3n) is 5.03. The molecule has 130 valence electrons. The average molecular weight is 395 g/mol. The van der Waals surface area contributed by atoms with Gasteiger partial charge >= 0.3 is 5.97 Å². The van der Waals surface area contributed by atoms with Crippen LogP contribution >= 0.6 is 15.9 Å². The molecule has 1 saturated carbocycles. The summed E-state index contributed by atoms with van der Waals surface area (Å²) < 4.78 is 6.49. The Labute approximate surface area is 150 Å². The lowest BCUT2D eigenvalue weighted by molar-refractivity contribution is -0.152. The fourth-order valence-electron chi connectivity index (χ4n) is 3.57. The molecule has 5 nitrogen and oxygen atoms in total. The number of benzene rings is 1. The Bertz CT molecular complexity index is 658. The van der Waals surface area contributed by atoms with Crippen LogP contribution in [-0.4, -0.2) is 43.0 Å². The first-order chi connectivity index (χ1) is 11.4. The molecule has 1 aliphatic carbocycles. The van der Waals surface area contributed by atoms with Gasteiger partial charge in [0.25, 0.3) is 0 Å². The molecular formula is C18H23BrN2O3. The maximum Gasteiger partial charge on any atom is 0.312 e. The molecule has 0 radical (unpaired) electrons. The van der Waals surface area contributed by atoms with E-state index in [1.165, 1.54) is 0 Å². The Morgan fingerprint density at radius 3 is 2.79 bits per heavy atom. The number of rotatable bonds is 5. The highest BCUT2D eigenvalue weighted by atomic mass is 79.9. The zero-order chi connectivity index (χ0) is 17.3. The van der Waals surface area contributed by atoms with Crippen LogP contribution in [0.1, 0.15) is 31.2 Å². The summed E-state index contributed by atoms with van der Waals surface area (Å²) in [4.78, 5) is 26.1. The van der Waals surface area contributed by atoms with Gasteiger partial charge in [0.15, 0.2) is 0 Å². The first-order valence-corrected chi connectivity index (χ1v) is 9.13. The second-order valence-electron chi connectivity index (χ2n) is 7.07. The number of ether oxygens (including phenoxy) is 1. The summed E-state index contributed by atoms with van der Waals surface area (Å²) in [6.07, 6.45) is 3.73. The molecule has 0 aromatic heterocycles. The standard InChI is InChI=1S/C18H23BrN2O3/c1-12-8-13(19)4-5-15(12)20-16(22)11-21(2)10-14-9-18(6-3-7-18)17(23)24-14/h4-5,8,14H,3,6-7,9-11H2,1-2H3,(H,20,22)/t14-/m0/s1. The van der Waals surface area contributed by atoms with Crippen molar-refractivity contribution in [2.75, 3.05) is 25.5 Å². The van der Waals surface area contributed by atoms with Crippen LogP contribution in [0.25, 0.3) is 0 Å². The Kier molecular flexibility index (Phi) is 4.97. The Hall–Kier alpha value is -1.40. The van der Waals surface area contributed by atoms with Gasteiger partial charge < -0.3 is 10.1 Å². The number of esters is 1. The van der Waals surface area contributed by atoms with Gasteiger partial charge in [0.2, 0.25) is 5.91 Å². The van der Waals surface area contributed by atoms with Crippen LogP contribution in [0.15, 0.2) is 22.7 Å². The van der Waals surface area contributed by atoms with Gasteiger partial charge in [-0.05, 0) is 50.6 Å². The Morgan fingerprint density at radius 2 is 2.21 bits per heavy atom. The molecule has 1 amide bonds. The van der Waals surface area contributed by atoms with Crippen molar-refractivity contribution < 1.29 is 14.3 Å². The summed E-state index contributed by atoms with van der Waals surface area (Å²) >= 11 is 3.41. The minimum atomic E-state index is -0.206. The van der Waals surface area contributed by atoms with Crippen molar-refractivity contribution in [1.29, 1.82) is 0 Å². The highest BCUT2D eigenvalue weighted by Crippen LogP contribution is 2.50. The van der Waals surface area contributed by atoms with Crippen molar-refractivity contribution in [3.8, 4) is 0 Å². The minimum absolute atomic E-state index is 0.0397. The molecule has 3 rings (SSSR count). The number of carbonyl (C=O) groups is 2. The second-order valence-corrected chi connectivity index (χ2v) is 7.99. The predicted molar refractivity (Wildman–Crippen MR) is 95.8 cm³/mol. The van der Waals surface area contributed by atoms with Crippen molar-refractivity contribution in [2.24, 2.45) is 5.41 Å². The lowest BCUT2D eigenvalue weighted by Crippen LogP contribution is -2.36. The smallest absolute Gasteiger partial charge is 0.312 e. The SMILES string of the molecule is Cc1cc(Br)ccc1NC(=O)CN(C)C[C@@H]1CC2(CCC2)C(=O)O1. The molecular weight excluding hydrogens is 372 g/mol. The number of nitrogens with zero attached hydrogens (tertiary/aromatic N) is 1. The molecule has 0 bridgehead atoms. The first-order valence-electron chi connectivity index (χ1n) is 8.34. The topological polar surface area (TPSA) is 58.6 Å². The number of halogens is 1. The van der Waals surface area contributed by atoms with E-state index < -0.39 is 0 Å². The normalized spacial score (nSPS) is 21.7. The molecule has 1 aromatic carbocycles. The third-order valence-corrected chi connectivity index (χ3v) is 5.52. The van der Waals surface area contributed by atoms with Gasteiger partial charge in [-0.1, -0.05) is 22.4 Å². The van der Waals surface area contributed by atoms with Crippen LogP contribution in [0.2, 0.25) is 0 Å². The van der Waals surface area contributed by atoms with E-state index in [1.807, 2.05) is 37.1 Å². The molecule has 1 aliphatic heterocycles. The summed E-state index contributed by atoms with van der Waals surface area (Å²) in [5, 5.41) is 2.93. The van der Waals surface area contributed by atoms with Crippen LogP contribution < -0.4 is 5.32 Å². The number of aryl methyl sites for hydroxylation is 1. The Balaban J connectivity index is 1.49. The number of hydrogen-bond donors (Lipinski definition) is 1. The van der Waals surface area contributed by atoms with Gasteiger partial charge in [-0.15, -0.1) is 0 Å². The van der Waals surface area contributed by atoms with E-state index in [1.54, 1.807) is 0 Å². The van der Waals surface area contributed by atoms with E-state index >= 15 is 0 Å². The highest BCUT2D eigenvalue weighted by molar-refractivity contribution is 9.10. The molecule has 6 heteroatoms. The number of hydrogen-bond acceptors (Lipinski definition) is 4. The summed E-state index contributed by atoms with van der Waals surface area (Å²) in [5.41, 5.74) is 1.62. The minimum Gasteiger partial charge on any atom is -0.461 e. The van der Waals surface area contributed by atoms with Crippen molar-refractivity contribution in [2.45, 2.75) is 38.7 Å². The van der Waals surface area contributed by atoms with Gasteiger partial charge in [-0.25, -0.2) is 0 Å². The molecule has 2 aliphatic rings. The maximum absolute atomic E-state index is 12.2. The van der Waals surface area contributed by atoms with Crippen LogP contribution in [0.5, 0.6) is 0 Å². The fraction of sp³-hybridized carbons (Fsp3) is 0.556. The summed E-state index contributed by atoms with van der Waals surface area (Å²) in [6, 6.07) is 5.76. The van der Waals surface area contributed by atoms with Gasteiger partial charge in [-0.3, -0.25) is 14.5 Å². The number of nitrogens with one attached hydrogen (secondary N) is 1. The summed E-state index contributed by atoms with van der Waals surface area (Å²) in [6.45, 7) is 2.83. The number of cyclic esters (lactones) is 1. The fourth-order valence-corrected chi connectivity index (χ4v) is 4.04. The molecule has 24 heavy (non-hydrogen) atoms. The number of anilines is 1. The lowest BCUT2D eigenvalue weighted by Gasteiger charge is -2.33. The monoisotopic (exact) mass is 394 g/mol. The van der Waals surface area contributed by atoms with Crippen LogP contribution in [0.4, 0.5) is 5.69 Å². The lowest BCUT2D eigenvalue weighted by atomic mass is 9.67. The first kappa shape index (κ1) is 17.4. The van der Waals surface area contributed by atoms with E-state index in [2.05, 4.69) is 21.2 Å². The van der Waals surface area contributed by atoms with Crippen molar-refractivity contribution in [3.63, 3.8) is 0 Å². The van der Waals surface area contributed by atoms with Gasteiger partial charge in [0.1, 0.15) is 6.10 Å². The van der Waals surface area contributed by atoms with Crippen molar-refractivity contribution >= 4 is 33.5 Å². The molecule has 1 atom stereocenters. The molecule has 1 aromatic rings. The zero-order valence-electron chi connectivity index (χ0n) is 14.1. The summed E-state index contributed by atoms with van der Waals surface area (Å²) in [5.74, 6) is -0.104. The van der Waals surface area contributed by atoms with Gasteiger partial charge in [-0.2, -0.15) is 0 Å². The van der Waals surface area contributed by atoms with Crippen molar-refractivity contribution in [3.05, 3.63) is 28.2 Å². The van der Waals surface area contributed by atoms with Crippen molar-refractivity contribution in [1.82, 2.24) is 4.90 Å². The summed E-state index contributed by atoms with van der Waals surface area (Å²) in [7, 11) is 1.88. The molecule has 1 spiro atoms. The highest BCUT2D eigenvalue weighted by Gasteiger charge is 2.52. The predicted octanol–water partition coefficient (Wildman–Crippen LogP) is 3.11. The van der Waals surface area contributed by atoms with Crippen LogP contribution in [0.3, 0.4) is 0 Å².